The van der Waals surface area contributed by atoms with Gasteiger partial charge in [0.1, 0.15) is 11.6 Å². The van der Waals surface area contributed by atoms with Gasteiger partial charge in [0, 0.05) is 21.0 Å². The Bertz CT molecular complexity index is 684. The van der Waals surface area contributed by atoms with Crippen LogP contribution in [0.3, 0.4) is 0 Å². The second-order valence-corrected chi connectivity index (χ2v) is 5.30. The minimum atomic E-state index is -0.310. The Balaban J connectivity index is 2.40. The van der Waals surface area contributed by atoms with Gasteiger partial charge in [-0.2, -0.15) is 16.6 Å². The van der Waals surface area contributed by atoms with Crippen LogP contribution in [0.25, 0.3) is 6.08 Å². The smallest absolute Gasteiger partial charge is 0.204 e. The van der Waals surface area contributed by atoms with Gasteiger partial charge in [-0.3, -0.25) is 4.79 Å². The SMILES string of the molecule is N#CC(=Cc1ccc(Cl)cc1Cl)C(=O)c1ccsc1. The molecule has 0 aliphatic heterocycles. The van der Waals surface area contributed by atoms with Crippen LogP contribution in [-0.2, 0) is 0 Å². The first-order chi connectivity index (χ1) is 9.11. The Morgan fingerprint density at radius 1 is 1.32 bits per heavy atom. The van der Waals surface area contributed by atoms with Crippen LogP contribution in [0.1, 0.15) is 15.9 Å². The Labute approximate surface area is 124 Å². The molecule has 0 radical (unpaired) electrons. The molecule has 0 N–H and O–H groups in total. The molecule has 1 heterocycles. The average molecular weight is 308 g/mol. The van der Waals surface area contributed by atoms with E-state index in [1.165, 1.54) is 17.4 Å². The molecule has 2 nitrogen and oxygen atoms in total. The van der Waals surface area contributed by atoms with Gasteiger partial charge in [-0.05, 0) is 35.2 Å². The molecule has 0 bridgehead atoms. The molecule has 1 aromatic heterocycles. The predicted octanol–water partition coefficient (Wildman–Crippen LogP) is 4.84. The molecule has 0 saturated heterocycles. The first-order valence-electron chi connectivity index (χ1n) is 5.25. The third-order valence-electron chi connectivity index (χ3n) is 2.41. The van der Waals surface area contributed by atoms with Crippen molar-refractivity contribution < 1.29 is 4.79 Å². The van der Waals surface area contributed by atoms with Crippen molar-refractivity contribution in [1.29, 1.82) is 5.26 Å². The van der Waals surface area contributed by atoms with E-state index in [-0.39, 0.29) is 11.4 Å². The maximum atomic E-state index is 12.1. The number of hydrogen-bond donors (Lipinski definition) is 0. The lowest BCUT2D eigenvalue weighted by Gasteiger charge is -2.00. The summed E-state index contributed by atoms with van der Waals surface area (Å²) in [5, 5.41) is 13.5. The molecule has 0 aliphatic rings. The van der Waals surface area contributed by atoms with Crippen LogP contribution in [0.4, 0.5) is 0 Å². The molecule has 1 aromatic carbocycles. The van der Waals surface area contributed by atoms with Gasteiger partial charge in [0.05, 0.1) is 0 Å². The highest BCUT2D eigenvalue weighted by Crippen LogP contribution is 2.24. The molecule has 0 atom stereocenters. The summed E-state index contributed by atoms with van der Waals surface area (Å²) >= 11 is 13.2. The standard InChI is InChI=1S/C14H7Cl2NOS/c15-12-2-1-9(13(16)6-12)5-11(7-17)14(18)10-3-4-19-8-10/h1-6,8H. The van der Waals surface area contributed by atoms with Crippen LogP contribution in [0.15, 0.2) is 40.6 Å². The van der Waals surface area contributed by atoms with Gasteiger partial charge in [-0.1, -0.05) is 29.3 Å². The number of nitriles is 1. The lowest BCUT2D eigenvalue weighted by Crippen LogP contribution is -2.00. The highest BCUT2D eigenvalue weighted by Gasteiger charge is 2.13. The fourth-order valence-corrected chi connectivity index (χ4v) is 2.57. The highest BCUT2D eigenvalue weighted by molar-refractivity contribution is 7.08. The summed E-state index contributed by atoms with van der Waals surface area (Å²) in [5.74, 6) is -0.310. The van der Waals surface area contributed by atoms with E-state index in [1.54, 1.807) is 35.0 Å². The lowest BCUT2D eigenvalue weighted by atomic mass is 10.0. The summed E-state index contributed by atoms with van der Waals surface area (Å²) < 4.78 is 0. The maximum Gasteiger partial charge on any atom is 0.204 e. The number of rotatable bonds is 3. The Hall–Kier alpha value is -1.60. The molecule has 0 spiro atoms. The van der Waals surface area contributed by atoms with Crippen LogP contribution in [-0.4, -0.2) is 5.78 Å². The molecule has 0 unspecified atom stereocenters. The second-order valence-electron chi connectivity index (χ2n) is 3.68. The van der Waals surface area contributed by atoms with Crippen molar-refractivity contribution in [2.45, 2.75) is 0 Å². The number of halogens is 2. The molecule has 5 heteroatoms. The Morgan fingerprint density at radius 2 is 2.11 bits per heavy atom. The number of carbonyl (C=O) groups is 1. The van der Waals surface area contributed by atoms with Gasteiger partial charge in [-0.25, -0.2) is 0 Å². The van der Waals surface area contributed by atoms with Crippen molar-refractivity contribution >= 4 is 46.4 Å². The Morgan fingerprint density at radius 3 is 2.68 bits per heavy atom. The van der Waals surface area contributed by atoms with Crippen molar-refractivity contribution in [2.75, 3.05) is 0 Å². The van der Waals surface area contributed by atoms with E-state index in [0.717, 1.165) is 0 Å². The van der Waals surface area contributed by atoms with Gasteiger partial charge in [0.25, 0.3) is 0 Å². The number of allylic oxidation sites excluding steroid dienone is 1. The van der Waals surface area contributed by atoms with Crippen LogP contribution in [0, 0.1) is 11.3 Å². The van der Waals surface area contributed by atoms with E-state index < -0.39 is 0 Å². The molecule has 19 heavy (non-hydrogen) atoms. The molecule has 0 saturated carbocycles. The number of benzene rings is 1. The van der Waals surface area contributed by atoms with Crippen LogP contribution < -0.4 is 0 Å². The second kappa shape index (κ2) is 6.03. The maximum absolute atomic E-state index is 12.1. The third kappa shape index (κ3) is 3.24. The third-order valence-corrected chi connectivity index (χ3v) is 3.66. The molecule has 2 aromatic rings. The number of nitrogens with zero attached hydrogens (tertiary/aromatic N) is 1. The fourth-order valence-electron chi connectivity index (χ4n) is 1.47. The minimum Gasteiger partial charge on any atom is -0.288 e. The van der Waals surface area contributed by atoms with Crippen molar-refractivity contribution in [3.8, 4) is 6.07 Å². The number of ketones is 1. The monoisotopic (exact) mass is 307 g/mol. The summed E-state index contributed by atoms with van der Waals surface area (Å²) in [4.78, 5) is 12.1. The van der Waals surface area contributed by atoms with Crippen molar-refractivity contribution in [3.05, 3.63) is 61.8 Å². The van der Waals surface area contributed by atoms with E-state index in [0.29, 0.717) is 21.2 Å². The number of thiophene rings is 1. The van der Waals surface area contributed by atoms with Crippen LogP contribution in [0.2, 0.25) is 10.0 Å². The summed E-state index contributed by atoms with van der Waals surface area (Å²) in [6.45, 7) is 0. The van der Waals surface area contributed by atoms with Crippen molar-refractivity contribution in [1.82, 2.24) is 0 Å². The summed E-state index contributed by atoms with van der Waals surface area (Å²) in [7, 11) is 0. The van der Waals surface area contributed by atoms with Gasteiger partial charge in [0.15, 0.2) is 0 Å². The van der Waals surface area contributed by atoms with Gasteiger partial charge >= 0.3 is 0 Å². The number of carbonyl (C=O) groups excluding carboxylic acids is 1. The quantitative estimate of drug-likeness (QED) is 0.462. The van der Waals surface area contributed by atoms with Crippen LogP contribution in [0.5, 0.6) is 0 Å². The van der Waals surface area contributed by atoms with Crippen molar-refractivity contribution in [2.24, 2.45) is 0 Å². The molecule has 0 amide bonds. The first-order valence-corrected chi connectivity index (χ1v) is 6.95. The van der Waals surface area contributed by atoms with Gasteiger partial charge in [-0.15, -0.1) is 0 Å². The molecule has 94 valence electrons. The van der Waals surface area contributed by atoms with E-state index in [4.69, 9.17) is 28.5 Å². The molecule has 2 rings (SSSR count). The number of hydrogen-bond acceptors (Lipinski definition) is 3. The molecule has 0 aliphatic carbocycles. The van der Waals surface area contributed by atoms with Gasteiger partial charge < -0.3 is 0 Å². The molecular formula is C14H7Cl2NOS. The minimum absolute atomic E-state index is 0.0441. The Kier molecular flexibility index (Phi) is 4.39. The van der Waals surface area contributed by atoms with E-state index in [9.17, 15) is 4.79 Å². The van der Waals surface area contributed by atoms with Gasteiger partial charge in [0.2, 0.25) is 5.78 Å². The lowest BCUT2D eigenvalue weighted by molar-refractivity contribution is 0.104. The fraction of sp³-hybridized carbons (Fsp3) is 0. The molecule has 0 fully saturated rings. The number of Topliss-reactive ketones (excluding diaryl/α,β-unsaturated/α-hetero) is 1. The summed E-state index contributed by atoms with van der Waals surface area (Å²) in [5.41, 5.74) is 1.14. The first kappa shape index (κ1) is 13.8. The zero-order chi connectivity index (χ0) is 13.8. The topological polar surface area (TPSA) is 40.9 Å². The average Bonchev–Trinajstić information content (AvgIpc) is 2.91. The van der Waals surface area contributed by atoms with E-state index in [2.05, 4.69) is 0 Å². The predicted molar refractivity (Wildman–Crippen MR) is 78.7 cm³/mol. The summed E-state index contributed by atoms with van der Waals surface area (Å²) in [6, 6.07) is 8.48. The van der Waals surface area contributed by atoms with E-state index >= 15 is 0 Å². The highest BCUT2D eigenvalue weighted by atomic mass is 35.5. The molecular weight excluding hydrogens is 301 g/mol. The van der Waals surface area contributed by atoms with Crippen LogP contribution >= 0.6 is 34.5 Å². The van der Waals surface area contributed by atoms with E-state index in [1.807, 2.05) is 6.07 Å². The normalized spacial score (nSPS) is 11.1. The zero-order valence-corrected chi connectivity index (χ0v) is 11.9. The van der Waals surface area contributed by atoms with Crippen molar-refractivity contribution in [3.63, 3.8) is 0 Å². The zero-order valence-electron chi connectivity index (χ0n) is 9.56. The largest absolute Gasteiger partial charge is 0.288 e. The summed E-state index contributed by atoms with van der Waals surface area (Å²) in [6.07, 6.45) is 1.47.